The molecule has 8 aromatic carbocycles. The van der Waals surface area contributed by atoms with Crippen molar-refractivity contribution in [3.05, 3.63) is 237 Å². The van der Waals surface area contributed by atoms with Crippen LogP contribution in [0.4, 0.5) is 34.1 Å². The van der Waals surface area contributed by atoms with E-state index in [1.54, 1.807) is 11.1 Å². The van der Waals surface area contributed by atoms with E-state index < -0.39 is 0 Å². The highest BCUT2D eigenvalue weighted by molar-refractivity contribution is 5.82. The van der Waals surface area contributed by atoms with E-state index in [2.05, 4.69) is 255 Å². The molecule has 0 aliphatic heterocycles. The third kappa shape index (κ3) is 15.0. The maximum Gasteiger partial charge on any atom is 0.0464 e. The zero-order chi connectivity index (χ0) is 55.7. The molecule has 0 fully saturated rings. The van der Waals surface area contributed by atoms with E-state index in [0.717, 1.165) is 0 Å². The van der Waals surface area contributed by atoms with Gasteiger partial charge < -0.3 is 9.80 Å². The summed E-state index contributed by atoms with van der Waals surface area (Å²) in [5, 5.41) is 0. The first-order chi connectivity index (χ1) is 38.4. The van der Waals surface area contributed by atoms with Crippen LogP contribution in [0.15, 0.2) is 176 Å². The van der Waals surface area contributed by atoms with Gasteiger partial charge in [0.2, 0.25) is 0 Å². The smallest absolute Gasteiger partial charge is 0.0464 e. The third-order valence-corrected chi connectivity index (χ3v) is 17.2. The average molecular weight is 1050 g/mol. The molecule has 2 aliphatic carbocycles. The molecule has 0 radical (unpaired) electrons. The number of benzene rings is 8. The van der Waals surface area contributed by atoms with Crippen molar-refractivity contribution in [2.24, 2.45) is 0 Å². The normalized spacial score (nSPS) is 12.9. The van der Waals surface area contributed by atoms with Crippen LogP contribution in [0.5, 0.6) is 0 Å². The molecule has 0 saturated heterocycles. The van der Waals surface area contributed by atoms with Gasteiger partial charge in [-0.1, -0.05) is 241 Å². The summed E-state index contributed by atoms with van der Waals surface area (Å²) in [5.41, 5.74) is 26.1. The molecular weight excluding hydrogens is 953 g/mol. The number of anilines is 6. The first-order valence-corrected chi connectivity index (χ1v) is 30.7. The van der Waals surface area contributed by atoms with Crippen LogP contribution in [-0.4, -0.2) is 0 Å². The lowest BCUT2D eigenvalue weighted by molar-refractivity contribution is 0.397. The van der Waals surface area contributed by atoms with Crippen LogP contribution in [-0.2, 0) is 18.3 Å². The number of unbranched alkanes of at least 4 members (excludes halogenated alkanes) is 10. The molecule has 0 amide bonds. The van der Waals surface area contributed by atoms with E-state index in [9.17, 15) is 0 Å². The van der Waals surface area contributed by atoms with E-state index in [1.165, 1.54) is 204 Å². The Morgan fingerprint density at radius 3 is 1.03 bits per heavy atom. The van der Waals surface area contributed by atoms with Crippen molar-refractivity contribution in [3.63, 3.8) is 0 Å². The van der Waals surface area contributed by atoms with Crippen LogP contribution < -0.4 is 9.80 Å². The first kappa shape index (κ1) is 58.5. The van der Waals surface area contributed by atoms with Gasteiger partial charge >= 0.3 is 0 Å². The summed E-state index contributed by atoms with van der Waals surface area (Å²) in [6, 6.07) is 65.3. The second-order valence-corrected chi connectivity index (χ2v) is 23.6. The monoisotopic (exact) mass is 1050 g/mol. The molecule has 2 aliphatic rings. The lowest BCUT2D eigenvalue weighted by Gasteiger charge is -2.33. The molecule has 0 heterocycles. The fraction of sp³-hybridized carbons (Fsp3) is 0.377. The minimum Gasteiger partial charge on any atom is -0.311 e. The van der Waals surface area contributed by atoms with Gasteiger partial charge in [0.05, 0.1) is 0 Å². The summed E-state index contributed by atoms with van der Waals surface area (Å²) in [7, 11) is 0. The molecule has 2 heteroatoms. The van der Waals surface area contributed by atoms with Crippen LogP contribution >= 0.6 is 0 Å². The van der Waals surface area contributed by atoms with Gasteiger partial charge in [-0.3, -0.25) is 0 Å². The lowest BCUT2D eigenvalue weighted by Crippen LogP contribution is -2.25. The molecule has 1 unspecified atom stereocenters. The zero-order valence-electron chi connectivity index (χ0n) is 50.2. The van der Waals surface area contributed by atoms with E-state index in [1.807, 2.05) is 0 Å². The molecule has 0 aromatic heterocycles. The van der Waals surface area contributed by atoms with Gasteiger partial charge in [0, 0.05) is 39.5 Å². The number of aryl methyl sites for hydroxylation is 8. The Labute approximate surface area is 479 Å². The minimum absolute atomic E-state index is 0.234. The molecule has 0 spiro atoms. The van der Waals surface area contributed by atoms with Gasteiger partial charge in [-0.05, 0) is 191 Å². The molecule has 1 atom stereocenters. The Balaban J connectivity index is 0.000000158. The Morgan fingerprint density at radius 1 is 0.342 bits per heavy atom. The molecule has 8 aromatic rings. The van der Waals surface area contributed by atoms with Crippen molar-refractivity contribution in [3.8, 4) is 11.1 Å². The molecule has 0 saturated carbocycles. The average Bonchev–Trinajstić information content (AvgIpc) is 3.74. The SMILES string of the molecule is CCC(C)c1ccc(N(c2ccc(C)cc2)c2ccc(C)cc2)cc1.CCCCCCCCC1(CCCCCCCC)c2cc(C)ccc2-c2ccc(C)cc21.Cc1ccc(N(c2ccc(C)cc2)c2ccc3c(c2)CC3)cc1. The first-order valence-electron chi connectivity index (χ1n) is 30.7. The van der Waals surface area contributed by atoms with Crippen LogP contribution in [0.2, 0.25) is 0 Å². The van der Waals surface area contributed by atoms with Crippen molar-refractivity contribution in [1.82, 2.24) is 0 Å². The summed E-state index contributed by atoms with van der Waals surface area (Å²) in [6.07, 6.45) is 22.8. The predicted octanol–water partition coefficient (Wildman–Crippen LogP) is 23.2. The summed E-state index contributed by atoms with van der Waals surface area (Å²) in [4.78, 5) is 4.66. The van der Waals surface area contributed by atoms with Gasteiger partial charge in [0.1, 0.15) is 0 Å². The summed E-state index contributed by atoms with van der Waals surface area (Å²) < 4.78 is 0. The number of hydrogen-bond acceptors (Lipinski definition) is 2. The summed E-state index contributed by atoms with van der Waals surface area (Å²) >= 11 is 0. The Bertz CT molecular complexity index is 2960. The predicted molar refractivity (Wildman–Crippen MR) is 345 cm³/mol. The van der Waals surface area contributed by atoms with E-state index in [4.69, 9.17) is 0 Å². The van der Waals surface area contributed by atoms with Crippen molar-refractivity contribution in [1.29, 1.82) is 0 Å². The highest BCUT2D eigenvalue weighted by atomic mass is 15.1. The molecule has 10 rings (SSSR count). The minimum atomic E-state index is 0.234. The van der Waals surface area contributed by atoms with Crippen molar-refractivity contribution < 1.29 is 0 Å². The van der Waals surface area contributed by atoms with Gasteiger partial charge in [-0.15, -0.1) is 0 Å². The highest BCUT2D eigenvalue weighted by Crippen LogP contribution is 2.55. The molecule has 0 N–H and O–H groups in total. The molecular formula is C77H94N2. The topological polar surface area (TPSA) is 6.48 Å². The number of hydrogen-bond donors (Lipinski definition) is 0. The van der Waals surface area contributed by atoms with Crippen LogP contribution in [0.3, 0.4) is 0 Å². The lowest BCUT2D eigenvalue weighted by atomic mass is 9.70. The maximum absolute atomic E-state index is 2.53. The van der Waals surface area contributed by atoms with Crippen LogP contribution in [0.1, 0.15) is 191 Å². The summed E-state index contributed by atoms with van der Waals surface area (Å²) in [5.74, 6) is 0.598. The van der Waals surface area contributed by atoms with Crippen LogP contribution in [0.25, 0.3) is 11.1 Å². The molecule has 2 nitrogen and oxygen atoms in total. The largest absolute Gasteiger partial charge is 0.311 e. The molecule has 79 heavy (non-hydrogen) atoms. The number of nitrogens with zero attached hydrogens (tertiary/aromatic N) is 2. The standard InChI is InChI=1S/C31H46.C24H27N.C22H21N/c1-5-7-9-11-13-15-21-31(22-16-14-12-10-8-6-2)29-23-25(3)17-19-27(29)28-20-18-26(4)24-30(28)31;1-5-20(4)21-10-16-24(17-11-21)25(22-12-6-18(2)7-13-22)23-14-8-19(3)9-15-23;1-16-3-10-20(11-4-16)23(21-12-5-17(2)6-13-21)22-14-9-18-7-8-19(18)15-22/h17-20,23-24H,5-16,21-22H2,1-4H3;6-17,20H,5H2,1-4H3;3-6,9-15H,7-8H2,1-2H3. The van der Waals surface area contributed by atoms with Gasteiger partial charge in [-0.25, -0.2) is 0 Å². The quantitative estimate of drug-likeness (QED) is 0.0624. The second-order valence-electron chi connectivity index (χ2n) is 23.6. The number of fused-ring (bicyclic) bond motifs is 4. The Morgan fingerprint density at radius 2 is 0.671 bits per heavy atom. The number of rotatable bonds is 22. The maximum atomic E-state index is 2.53. The Kier molecular flexibility index (Phi) is 21.1. The third-order valence-electron chi connectivity index (χ3n) is 17.2. The van der Waals surface area contributed by atoms with E-state index >= 15 is 0 Å². The van der Waals surface area contributed by atoms with Gasteiger partial charge in [-0.2, -0.15) is 0 Å². The fourth-order valence-corrected chi connectivity index (χ4v) is 12.0. The fourth-order valence-electron chi connectivity index (χ4n) is 12.0. The van der Waals surface area contributed by atoms with Gasteiger partial charge in [0.15, 0.2) is 0 Å². The van der Waals surface area contributed by atoms with Gasteiger partial charge in [0.25, 0.3) is 0 Å². The van der Waals surface area contributed by atoms with Crippen molar-refractivity contribution >= 4 is 34.1 Å². The summed E-state index contributed by atoms with van der Waals surface area (Å²) in [6.45, 7) is 22.2. The second kappa shape index (κ2) is 28.5. The van der Waals surface area contributed by atoms with Crippen molar-refractivity contribution in [2.45, 2.75) is 190 Å². The van der Waals surface area contributed by atoms with E-state index in [0.29, 0.717) is 5.92 Å². The van der Waals surface area contributed by atoms with E-state index in [-0.39, 0.29) is 5.41 Å². The molecule has 0 bridgehead atoms. The Hall–Kier alpha value is -6.64. The van der Waals surface area contributed by atoms with Crippen molar-refractivity contribution in [2.75, 3.05) is 9.80 Å². The molecule has 412 valence electrons. The zero-order valence-corrected chi connectivity index (χ0v) is 50.2. The van der Waals surface area contributed by atoms with Crippen LogP contribution in [0, 0.1) is 41.5 Å². The highest BCUT2D eigenvalue weighted by Gasteiger charge is 2.42.